The van der Waals surface area contributed by atoms with Gasteiger partial charge in [0.1, 0.15) is 0 Å². The molecule has 0 aliphatic carbocycles. The molecule has 3 nitrogen and oxygen atoms in total. The van der Waals surface area contributed by atoms with Crippen LogP contribution in [0, 0.1) is 0 Å². The second-order valence-corrected chi connectivity index (χ2v) is 5.86. The van der Waals surface area contributed by atoms with E-state index in [1.807, 2.05) is 0 Å². The van der Waals surface area contributed by atoms with E-state index in [2.05, 4.69) is 31.9 Å². The molecule has 13 heavy (non-hydrogen) atoms. The van der Waals surface area contributed by atoms with Crippen LogP contribution in [0.15, 0.2) is 26.0 Å². The van der Waals surface area contributed by atoms with E-state index in [0.717, 1.165) is 0 Å². The van der Waals surface area contributed by atoms with E-state index in [9.17, 15) is 8.42 Å². The largest absolute Gasteiger partial charge is 0.238 e. The molecule has 2 N–H and O–H groups in total. The van der Waals surface area contributed by atoms with Crippen LogP contribution in [-0.4, -0.2) is 8.42 Å². The van der Waals surface area contributed by atoms with Crippen LogP contribution in [0.25, 0.3) is 0 Å². The number of hydrogen-bond acceptors (Lipinski definition) is 2. The predicted molar refractivity (Wildman–Crippen MR) is 58.2 cm³/mol. The second kappa shape index (κ2) is 3.86. The standard InChI is InChI=1S/C6H4Br2ClNO2S/c7-4-1-3(13(10,11)12)2-5(9)6(4)8/h1-2H,(H2,10,11,12). The van der Waals surface area contributed by atoms with Crippen LogP contribution in [-0.2, 0) is 10.0 Å². The molecule has 0 amide bonds. The molecular weight excluding hydrogens is 345 g/mol. The van der Waals surface area contributed by atoms with Gasteiger partial charge in [-0.25, -0.2) is 13.6 Å². The fraction of sp³-hybridized carbons (Fsp3) is 0. The summed E-state index contributed by atoms with van der Waals surface area (Å²) < 4.78 is 23.0. The Morgan fingerprint density at radius 3 is 2.23 bits per heavy atom. The molecule has 1 aromatic rings. The number of hydrogen-bond donors (Lipinski definition) is 1. The number of nitrogens with two attached hydrogens (primary N) is 1. The van der Waals surface area contributed by atoms with Gasteiger partial charge in [0.2, 0.25) is 10.0 Å². The lowest BCUT2D eigenvalue weighted by Crippen LogP contribution is -2.12. The minimum atomic E-state index is -3.70. The zero-order valence-corrected chi connectivity index (χ0v) is 10.8. The number of rotatable bonds is 1. The lowest BCUT2D eigenvalue weighted by molar-refractivity contribution is 0.597. The summed E-state index contributed by atoms with van der Waals surface area (Å²) in [5.74, 6) is 0. The zero-order chi connectivity index (χ0) is 10.2. The highest BCUT2D eigenvalue weighted by Crippen LogP contribution is 2.32. The van der Waals surface area contributed by atoms with Gasteiger partial charge in [-0.3, -0.25) is 0 Å². The summed E-state index contributed by atoms with van der Waals surface area (Å²) in [7, 11) is -3.70. The topological polar surface area (TPSA) is 60.2 Å². The maximum absolute atomic E-state index is 10.9. The second-order valence-electron chi connectivity index (χ2n) is 2.25. The highest BCUT2D eigenvalue weighted by molar-refractivity contribution is 9.13. The van der Waals surface area contributed by atoms with Crippen molar-refractivity contribution < 1.29 is 8.42 Å². The van der Waals surface area contributed by atoms with E-state index in [-0.39, 0.29) is 4.90 Å². The van der Waals surface area contributed by atoms with E-state index < -0.39 is 10.0 Å². The molecular formula is C6H4Br2ClNO2S. The lowest BCUT2D eigenvalue weighted by atomic mass is 10.4. The van der Waals surface area contributed by atoms with E-state index in [4.69, 9.17) is 16.7 Å². The first-order chi connectivity index (χ1) is 5.82. The summed E-state index contributed by atoms with van der Waals surface area (Å²) in [4.78, 5) is -0.0208. The first kappa shape index (κ1) is 11.5. The molecule has 72 valence electrons. The Labute approximate surface area is 97.6 Å². The van der Waals surface area contributed by atoms with Crippen LogP contribution in [0.1, 0.15) is 0 Å². The quantitative estimate of drug-likeness (QED) is 0.792. The van der Waals surface area contributed by atoms with Gasteiger partial charge in [-0.2, -0.15) is 0 Å². The molecule has 0 spiro atoms. The molecule has 0 saturated carbocycles. The van der Waals surface area contributed by atoms with Gasteiger partial charge < -0.3 is 0 Å². The molecule has 0 unspecified atom stereocenters. The summed E-state index contributed by atoms with van der Waals surface area (Å²) >= 11 is 12.0. The molecule has 7 heteroatoms. The van der Waals surface area contributed by atoms with Crippen molar-refractivity contribution in [1.29, 1.82) is 0 Å². The van der Waals surface area contributed by atoms with Gasteiger partial charge in [-0.1, -0.05) is 11.6 Å². The molecule has 0 heterocycles. The maximum Gasteiger partial charge on any atom is 0.238 e. The molecule has 0 bridgehead atoms. The average Bonchev–Trinajstić information content (AvgIpc) is 1.97. The third-order valence-electron chi connectivity index (χ3n) is 1.29. The Balaban J connectivity index is 3.47. The van der Waals surface area contributed by atoms with Crippen LogP contribution < -0.4 is 5.14 Å². The van der Waals surface area contributed by atoms with Crippen molar-refractivity contribution in [1.82, 2.24) is 0 Å². The van der Waals surface area contributed by atoms with Crippen molar-refractivity contribution in [2.45, 2.75) is 4.90 Å². The van der Waals surface area contributed by atoms with Crippen molar-refractivity contribution in [3.05, 3.63) is 26.1 Å². The molecule has 1 aromatic carbocycles. The molecule has 0 saturated heterocycles. The molecule has 0 radical (unpaired) electrons. The summed E-state index contributed by atoms with van der Waals surface area (Å²) in [6.07, 6.45) is 0. The number of sulfonamides is 1. The third-order valence-corrected chi connectivity index (χ3v) is 4.72. The van der Waals surface area contributed by atoms with E-state index in [1.54, 1.807) is 0 Å². The summed E-state index contributed by atoms with van der Waals surface area (Å²) in [5, 5.41) is 5.21. The number of halogens is 3. The Kier molecular flexibility index (Phi) is 3.40. The first-order valence-electron chi connectivity index (χ1n) is 2.99. The SMILES string of the molecule is NS(=O)(=O)c1cc(Cl)c(Br)c(Br)c1. The van der Waals surface area contributed by atoms with Crippen molar-refractivity contribution in [3.63, 3.8) is 0 Å². The van der Waals surface area contributed by atoms with Gasteiger partial charge in [0, 0.05) is 4.47 Å². The van der Waals surface area contributed by atoms with Gasteiger partial charge in [-0.05, 0) is 44.0 Å². The fourth-order valence-electron chi connectivity index (χ4n) is 0.697. The molecule has 0 fully saturated rings. The minimum Gasteiger partial charge on any atom is -0.225 e. The minimum absolute atomic E-state index is 0.0208. The monoisotopic (exact) mass is 347 g/mol. The molecule has 0 aromatic heterocycles. The molecule has 0 aliphatic rings. The highest BCUT2D eigenvalue weighted by Gasteiger charge is 2.12. The van der Waals surface area contributed by atoms with E-state index >= 15 is 0 Å². The normalized spacial score (nSPS) is 11.7. The Hall–Kier alpha value is 0.380. The maximum atomic E-state index is 10.9. The van der Waals surface area contributed by atoms with Crippen molar-refractivity contribution in [3.8, 4) is 0 Å². The molecule has 1 rings (SSSR count). The van der Waals surface area contributed by atoms with Gasteiger partial charge in [0.25, 0.3) is 0 Å². The Morgan fingerprint density at radius 1 is 1.31 bits per heavy atom. The van der Waals surface area contributed by atoms with Gasteiger partial charge >= 0.3 is 0 Å². The van der Waals surface area contributed by atoms with Crippen molar-refractivity contribution >= 4 is 53.5 Å². The van der Waals surface area contributed by atoms with E-state index in [0.29, 0.717) is 14.0 Å². The van der Waals surface area contributed by atoms with Gasteiger partial charge in [0.05, 0.1) is 14.4 Å². The smallest absolute Gasteiger partial charge is 0.225 e. The third kappa shape index (κ3) is 2.66. The molecule has 0 aliphatic heterocycles. The predicted octanol–water partition coefficient (Wildman–Crippen LogP) is 2.51. The highest BCUT2D eigenvalue weighted by atomic mass is 79.9. The first-order valence-corrected chi connectivity index (χ1v) is 6.51. The van der Waals surface area contributed by atoms with Crippen LogP contribution in [0.2, 0.25) is 5.02 Å². The average molecular weight is 349 g/mol. The Bertz CT molecular complexity index is 423. The van der Waals surface area contributed by atoms with Crippen molar-refractivity contribution in [2.75, 3.05) is 0 Å². The fourth-order valence-corrected chi connectivity index (χ4v) is 2.50. The van der Waals surface area contributed by atoms with Crippen molar-refractivity contribution in [2.24, 2.45) is 5.14 Å². The van der Waals surface area contributed by atoms with Crippen LogP contribution >= 0.6 is 43.5 Å². The summed E-state index contributed by atoms with van der Waals surface area (Å²) in [6, 6.07) is 2.66. The van der Waals surface area contributed by atoms with Crippen LogP contribution in [0.5, 0.6) is 0 Å². The van der Waals surface area contributed by atoms with E-state index in [1.165, 1.54) is 12.1 Å². The lowest BCUT2D eigenvalue weighted by Gasteiger charge is -2.03. The summed E-state index contributed by atoms with van der Waals surface area (Å²) in [5.41, 5.74) is 0. The number of primary sulfonamides is 1. The molecule has 0 atom stereocenters. The van der Waals surface area contributed by atoms with Gasteiger partial charge in [0.15, 0.2) is 0 Å². The summed E-state index contributed by atoms with van der Waals surface area (Å²) in [6.45, 7) is 0. The zero-order valence-electron chi connectivity index (χ0n) is 6.09. The van der Waals surface area contributed by atoms with Gasteiger partial charge in [-0.15, -0.1) is 0 Å². The van der Waals surface area contributed by atoms with Crippen LogP contribution in [0.4, 0.5) is 0 Å². The van der Waals surface area contributed by atoms with Crippen LogP contribution in [0.3, 0.4) is 0 Å². The Morgan fingerprint density at radius 2 is 1.85 bits per heavy atom. The number of benzene rings is 1.